The second-order valence-electron chi connectivity index (χ2n) is 5.76. The molecule has 0 radical (unpaired) electrons. The minimum atomic E-state index is -2.33. The SMILES string of the molecule is [2H]C([2H])([2H])C1=CN(C)B(c2ccc(C([2H])([2H])[2H])c[n+]2C)c2oc3ncccc3c21. The normalized spacial score (nSPS) is 19.1. The van der Waals surface area contributed by atoms with Crippen LogP contribution in [0.4, 0.5) is 0 Å². The Morgan fingerprint density at radius 2 is 2.22 bits per heavy atom. The van der Waals surface area contributed by atoms with Crippen molar-refractivity contribution in [3.8, 4) is 0 Å². The topological polar surface area (TPSA) is 33.2 Å². The Bertz CT molecular complexity index is 1130. The maximum absolute atomic E-state index is 7.98. The van der Waals surface area contributed by atoms with Gasteiger partial charge in [0.2, 0.25) is 5.71 Å². The molecular formula is C18H19BN3O+. The van der Waals surface area contributed by atoms with Gasteiger partial charge in [0.15, 0.2) is 11.8 Å². The van der Waals surface area contributed by atoms with Gasteiger partial charge in [0, 0.05) is 30.9 Å². The molecule has 0 spiro atoms. The molecule has 0 unspecified atom stereocenters. The van der Waals surface area contributed by atoms with Crippen molar-refractivity contribution in [1.82, 2.24) is 9.79 Å². The molecule has 4 nitrogen and oxygen atoms in total. The summed E-state index contributed by atoms with van der Waals surface area (Å²) in [5.41, 5.74) is 2.56. The van der Waals surface area contributed by atoms with E-state index in [2.05, 4.69) is 4.98 Å². The number of hydrogen-bond acceptors (Lipinski definition) is 3. The van der Waals surface area contributed by atoms with E-state index in [9.17, 15) is 0 Å². The number of pyridine rings is 2. The largest absolute Gasteiger partial charge is 0.449 e. The minimum Gasteiger partial charge on any atom is -0.449 e. The third-order valence-corrected chi connectivity index (χ3v) is 4.21. The van der Waals surface area contributed by atoms with E-state index in [-0.39, 0.29) is 11.1 Å². The van der Waals surface area contributed by atoms with Crippen molar-refractivity contribution in [3.05, 3.63) is 54.0 Å². The number of rotatable bonds is 1. The molecule has 0 amide bonds. The molecule has 4 heterocycles. The summed E-state index contributed by atoms with van der Waals surface area (Å²) in [6.45, 7) is -4.97. The van der Waals surface area contributed by atoms with Crippen LogP contribution in [0, 0.1) is 6.85 Å². The highest BCUT2D eigenvalue weighted by Crippen LogP contribution is 2.27. The Balaban J connectivity index is 1.95. The molecule has 0 aliphatic carbocycles. The van der Waals surface area contributed by atoms with Gasteiger partial charge in [0.05, 0.1) is 0 Å². The predicted octanol–water partition coefficient (Wildman–Crippen LogP) is 1.37. The molecule has 23 heavy (non-hydrogen) atoms. The fourth-order valence-corrected chi connectivity index (χ4v) is 3.19. The molecular weight excluding hydrogens is 285 g/mol. The van der Waals surface area contributed by atoms with Gasteiger partial charge in [-0.25, -0.2) is 9.55 Å². The summed E-state index contributed by atoms with van der Waals surface area (Å²) in [7, 11) is 3.54. The number of nitrogens with zero attached hydrogens (tertiary/aromatic N) is 3. The predicted molar refractivity (Wildman–Crippen MR) is 92.8 cm³/mol. The molecule has 4 rings (SSSR count). The molecule has 0 bridgehead atoms. The van der Waals surface area contributed by atoms with Crippen molar-refractivity contribution in [2.75, 3.05) is 7.05 Å². The first-order chi connectivity index (χ1) is 13.5. The lowest BCUT2D eigenvalue weighted by molar-refractivity contribution is -0.654. The molecule has 1 aliphatic rings. The van der Waals surface area contributed by atoms with Crippen LogP contribution in [-0.4, -0.2) is 23.7 Å². The van der Waals surface area contributed by atoms with E-state index in [4.69, 9.17) is 12.6 Å². The quantitative estimate of drug-likeness (QED) is 0.503. The minimum absolute atomic E-state index is 0.194. The van der Waals surface area contributed by atoms with Crippen LogP contribution >= 0.6 is 0 Å². The zero-order valence-electron chi connectivity index (χ0n) is 18.9. The molecule has 3 aromatic heterocycles. The first kappa shape index (κ1) is 8.92. The van der Waals surface area contributed by atoms with Crippen molar-refractivity contribution in [2.45, 2.75) is 13.7 Å². The fourth-order valence-electron chi connectivity index (χ4n) is 3.19. The maximum atomic E-state index is 7.98. The van der Waals surface area contributed by atoms with Crippen molar-refractivity contribution in [1.29, 1.82) is 0 Å². The summed E-state index contributed by atoms with van der Waals surface area (Å²) >= 11 is 0. The van der Waals surface area contributed by atoms with Gasteiger partial charge >= 0.3 is 6.85 Å². The zero-order valence-corrected chi connectivity index (χ0v) is 12.9. The summed E-state index contributed by atoms with van der Waals surface area (Å²) in [6, 6.07) is 6.85. The standard InChI is InChI=1S/C18H19BN3O/c1-12-7-8-15(21(3)10-12)19-17-16(13(2)11-22(19)4)14-6-5-9-20-18(14)23-17/h5-11H,1-4H3/q+1/i1D3,2D3. The Labute approximate surface area is 144 Å². The van der Waals surface area contributed by atoms with Crippen LogP contribution in [0.2, 0.25) is 0 Å². The number of aryl methyl sites for hydroxylation is 2. The third kappa shape index (κ3) is 2.07. The second kappa shape index (κ2) is 4.98. The smallest absolute Gasteiger partial charge is 0.443 e. The second-order valence-corrected chi connectivity index (χ2v) is 5.76. The highest BCUT2D eigenvalue weighted by atomic mass is 16.3. The summed E-state index contributed by atoms with van der Waals surface area (Å²) in [5.74, 6) is 0. The van der Waals surface area contributed by atoms with Crippen molar-refractivity contribution >= 4 is 34.8 Å². The third-order valence-electron chi connectivity index (χ3n) is 4.21. The van der Waals surface area contributed by atoms with Gasteiger partial charge in [0.25, 0.3) is 0 Å². The lowest BCUT2D eigenvalue weighted by Gasteiger charge is -2.26. The van der Waals surface area contributed by atoms with Gasteiger partial charge in [-0.05, 0) is 56.8 Å². The van der Waals surface area contributed by atoms with E-state index in [0.29, 0.717) is 22.3 Å². The van der Waals surface area contributed by atoms with Crippen molar-refractivity contribution in [2.24, 2.45) is 7.05 Å². The number of allylic oxidation sites excluding steroid dienone is 1. The Hall–Kier alpha value is -2.56. The molecule has 3 aromatic rings. The van der Waals surface area contributed by atoms with E-state index in [1.807, 2.05) is 0 Å². The molecule has 0 aromatic carbocycles. The fraction of sp³-hybridized carbons (Fsp3) is 0.222. The maximum Gasteiger partial charge on any atom is 0.443 e. The van der Waals surface area contributed by atoms with Crippen LogP contribution in [0.25, 0.3) is 16.7 Å². The van der Waals surface area contributed by atoms with E-state index >= 15 is 0 Å². The highest BCUT2D eigenvalue weighted by Gasteiger charge is 2.41. The average molecular weight is 310 g/mol. The van der Waals surface area contributed by atoms with E-state index in [0.717, 1.165) is 5.59 Å². The number of aromatic nitrogens is 2. The molecule has 114 valence electrons. The molecule has 0 saturated carbocycles. The summed E-state index contributed by atoms with van der Waals surface area (Å²) in [5, 5.41) is 0.643. The van der Waals surface area contributed by atoms with Gasteiger partial charge in [0.1, 0.15) is 12.7 Å². The molecule has 0 N–H and O–H groups in total. The summed E-state index contributed by atoms with van der Waals surface area (Å²) in [6.07, 6.45) is 4.78. The van der Waals surface area contributed by atoms with Crippen LogP contribution in [-0.2, 0) is 7.05 Å². The Morgan fingerprint density at radius 3 is 3.00 bits per heavy atom. The van der Waals surface area contributed by atoms with Crippen LogP contribution < -0.4 is 15.8 Å². The van der Waals surface area contributed by atoms with E-state index < -0.39 is 20.6 Å². The van der Waals surface area contributed by atoms with Gasteiger partial charge in [-0.15, -0.1) is 0 Å². The van der Waals surface area contributed by atoms with E-state index in [1.54, 1.807) is 66.3 Å². The molecule has 1 aliphatic heterocycles. The first-order valence-corrected chi connectivity index (χ1v) is 7.30. The zero-order chi connectivity index (χ0) is 21.1. The lowest BCUT2D eigenvalue weighted by Crippen LogP contribution is -2.65. The molecule has 0 atom stereocenters. The number of fused-ring (bicyclic) bond motifs is 3. The van der Waals surface area contributed by atoms with Crippen molar-refractivity contribution in [3.63, 3.8) is 0 Å². The molecule has 0 fully saturated rings. The van der Waals surface area contributed by atoms with Crippen LogP contribution in [0.3, 0.4) is 0 Å². The summed E-state index contributed by atoms with van der Waals surface area (Å²) < 4.78 is 54.6. The van der Waals surface area contributed by atoms with Gasteiger partial charge in [-0.3, -0.25) is 0 Å². The van der Waals surface area contributed by atoms with Crippen LogP contribution in [0.15, 0.2) is 47.3 Å². The first-order valence-electron chi connectivity index (χ1n) is 10.3. The van der Waals surface area contributed by atoms with Gasteiger partial charge in [-0.2, -0.15) is 0 Å². The van der Waals surface area contributed by atoms with Crippen LogP contribution in [0.5, 0.6) is 0 Å². The van der Waals surface area contributed by atoms with Gasteiger partial charge < -0.3 is 9.23 Å². The van der Waals surface area contributed by atoms with E-state index in [1.165, 1.54) is 0 Å². The Kier molecular flexibility index (Phi) is 1.93. The summed E-state index contributed by atoms with van der Waals surface area (Å²) in [4.78, 5) is 6.02. The monoisotopic (exact) mass is 310 g/mol. The van der Waals surface area contributed by atoms with Crippen LogP contribution in [0.1, 0.15) is 26.2 Å². The van der Waals surface area contributed by atoms with Gasteiger partial charge in [-0.1, -0.05) is 0 Å². The average Bonchev–Trinajstić information content (AvgIpc) is 2.99. The number of furan rings is 1. The van der Waals surface area contributed by atoms with Crippen molar-refractivity contribution < 1.29 is 17.2 Å². The lowest BCUT2D eigenvalue weighted by atomic mass is 9.52. The molecule has 0 saturated heterocycles. The molecule has 5 heteroatoms. The number of hydrogen-bond donors (Lipinski definition) is 0. The highest BCUT2D eigenvalue weighted by molar-refractivity contribution is 6.82. The Morgan fingerprint density at radius 1 is 1.30 bits per heavy atom.